The molecule has 12 aromatic carbocycles. The Bertz CT molecular complexity index is 3830. The zero-order valence-corrected chi connectivity index (χ0v) is 41.9. The van der Waals surface area contributed by atoms with Gasteiger partial charge in [-0.15, -0.1) is 0 Å². The Labute approximate surface area is 445 Å². The van der Waals surface area contributed by atoms with Crippen LogP contribution in [0.25, 0.3) is 33.4 Å². The number of hydrogen-bond acceptors (Lipinski definition) is 1. The van der Waals surface area contributed by atoms with E-state index in [9.17, 15) is 0 Å². The number of nitrogens with zero attached hydrogens (tertiary/aromatic N) is 1. The number of rotatable bonds is 9. The van der Waals surface area contributed by atoms with E-state index in [1.54, 1.807) is 0 Å². The largest absolute Gasteiger partial charge is 0.310 e. The molecule has 0 spiro atoms. The van der Waals surface area contributed by atoms with E-state index in [2.05, 4.69) is 314 Å². The van der Waals surface area contributed by atoms with E-state index >= 15 is 0 Å². The highest BCUT2D eigenvalue weighted by molar-refractivity contribution is 5.92. The van der Waals surface area contributed by atoms with E-state index in [4.69, 9.17) is 0 Å². The first-order valence-electron chi connectivity index (χ1n) is 26.6. The minimum atomic E-state index is -0.505. The topological polar surface area (TPSA) is 3.24 Å². The van der Waals surface area contributed by atoms with Crippen LogP contribution in [0.4, 0.5) is 17.1 Å². The van der Waals surface area contributed by atoms with Crippen molar-refractivity contribution in [3.8, 4) is 33.4 Å². The summed E-state index contributed by atoms with van der Waals surface area (Å²) < 4.78 is 0. The fraction of sp³-hybridized carbons (Fsp3) is 0.0400. The Morgan fingerprint density at radius 1 is 0.171 bits per heavy atom. The molecule has 0 atom stereocenters. The maximum atomic E-state index is 2.47. The molecule has 1 nitrogen and oxygen atoms in total. The fourth-order valence-electron chi connectivity index (χ4n) is 14.2. The molecule has 0 aromatic heterocycles. The van der Waals surface area contributed by atoms with E-state index in [1.165, 1.54) is 100 Å². The van der Waals surface area contributed by atoms with E-state index in [-0.39, 0.29) is 0 Å². The average Bonchev–Trinajstić information content (AvgIpc) is 4.22. The summed E-state index contributed by atoms with van der Waals surface area (Å²) in [4.78, 5) is 2.47. The van der Waals surface area contributed by atoms with E-state index < -0.39 is 16.2 Å². The third-order valence-corrected chi connectivity index (χ3v) is 17.1. The lowest BCUT2D eigenvalue weighted by molar-refractivity contribution is 0.767. The normalized spacial score (nSPS) is 14.4. The van der Waals surface area contributed by atoms with Crippen molar-refractivity contribution in [1.82, 2.24) is 0 Å². The highest BCUT2D eigenvalue weighted by Gasteiger charge is 2.49. The molecule has 356 valence electrons. The molecule has 12 aromatic rings. The second-order valence-electron chi connectivity index (χ2n) is 20.6. The van der Waals surface area contributed by atoms with Gasteiger partial charge in [0.1, 0.15) is 0 Å². The van der Waals surface area contributed by atoms with Crippen LogP contribution in [-0.4, -0.2) is 0 Å². The van der Waals surface area contributed by atoms with Crippen molar-refractivity contribution in [2.24, 2.45) is 0 Å². The highest BCUT2D eigenvalue weighted by atomic mass is 15.1. The second kappa shape index (κ2) is 17.3. The first-order chi connectivity index (χ1) is 37.7. The zero-order chi connectivity index (χ0) is 50.3. The van der Waals surface area contributed by atoms with Gasteiger partial charge >= 0.3 is 0 Å². The minimum Gasteiger partial charge on any atom is -0.310 e. The van der Waals surface area contributed by atoms with Gasteiger partial charge in [-0.2, -0.15) is 0 Å². The van der Waals surface area contributed by atoms with Crippen LogP contribution in [0.1, 0.15) is 66.8 Å². The van der Waals surface area contributed by atoms with Gasteiger partial charge in [0.05, 0.1) is 16.2 Å². The van der Waals surface area contributed by atoms with E-state index in [0.29, 0.717) is 0 Å². The van der Waals surface area contributed by atoms with Gasteiger partial charge in [-0.05, 0) is 137 Å². The van der Waals surface area contributed by atoms with Crippen molar-refractivity contribution in [1.29, 1.82) is 0 Å². The maximum absolute atomic E-state index is 2.47. The molecule has 0 bridgehead atoms. The van der Waals surface area contributed by atoms with Crippen LogP contribution < -0.4 is 4.90 Å². The molecule has 1 heteroatoms. The molecule has 0 heterocycles. The quantitative estimate of drug-likeness (QED) is 0.139. The van der Waals surface area contributed by atoms with Crippen LogP contribution >= 0.6 is 0 Å². The monoisotopic (exact) mass is 965 g/mol. The molecule has 76 heavy (non-hydrogen) atoms. The predicted molar refractivity (Wildman–Crippen MR) is 313 cm³/mol. The molecule has 0 amide bonds. The van der Waals surface area contributed by atoms with Gasteiger partial charge in [-0.1, -0.05) is 273 Å². The highest BCUT2D eigenvalue weighted by Crippen LogP contribution is 2.60. The predicted octanol–water partition coefficient (Wildman–Crippen LogP) is 18.2. The number of fused-ring (bicyclic) bond motifs is 9. The lowest BCUT2D eigenvalue weighted by Gasteiger charge is -2.35. The van der Waals surface area contributed by atoms with Gasteiger partial charge in [0.25, 0.3) is 0 Å². The molecule has 0 unspecified atom stereocenters. The molecule has 3 aliphatic rings. The summed E-state index contributed by atoms with van der Waals surface area (Å²) in [6.45, 7) is 0. The lowest BCUT2D eigenvalue weighted by atomic mass is 9.67. The zero-order valence-electron chi connectivity index (χ0n) is 41.9. The second-order valence-corrected chi connectivity index (χ2v) is 20.6. The SMILES string of the molecule is c1ccc(C2(c3ccc(N(c4ccc(C5(c6ccccc6)c6ccccc6-c6ccccc65)cc4)c4ccc5c(c4)-c4ccccc4C5(c4ccccc4)c4ccccc4)cc3)c3ccccc3-c3ccccc32)cc1. The van der Waals surface area contributed by atoms with Crippen LogP contribution in [0, 0.1) is 0 Å². The summed E-state index contributed by atoms with van der Waals surface area (Å²) >= 11 is 0. The van der Waals surface area contributed by atoms with Crippen molar-refractivity contribution >= 4 is 17.1 Å². The standard InChI is InChI=1S/C75H51N/c1-5-23-52(24-6-1)73(53-25-7-2-8-26-53)71-40-22-17-35-65(71)66-51-60(49-50-72(66)73)76(58-45-41-56(42-46-58)74(54-27-9-3-10-28-54)67-36-18-13-31-61(67)62-32-14-19-37-68(62)74)59-47-43-57(44-48-59)75(55-29-11-4-12-30-55)69-38-20-15-33-63(69)64-34-16-21-39-70(64)75/h1-51H. The molecule has 0 fully saturated rings. The number of anilines is 3. The summed E-state index contributed by atoms with van der Waals surface area (Å²) in [5.74, 6) is 0. The number of hydrogen-bond donors (Lipinski definition) is 0. The Balaban J connectivity index is 0.948. The molecule has 0 aliphatic heterocycles. The van der Waals surface area contributed by atoms with Crippen molar-refractivity contribution < 1.29 is 0 Å². The van der Waals surface area contributed by atoms with Gasteiger partial charge in [-0.3, -0.25) is 0 Å². The first kappa shape index (κ1) is 44.0. The van der Waals surface area contributed by atoms with Crippen molar-refractivity contribution in [3.05, 3.63) is 376 Å². The Hall–Kier alpha value is -9.56. The molecule has 15 rings (SSSR count). The molecule has 3 aliphatic carbocycles. The summed E-state index contributed by atoms with van der Waals surface area (Å²) in [7, 11) is 0. The van der Waals surface area contributed by atoms with Gasteiger partial charge < -0.3 is 4.90 Å². The van der Waals surface area contributed by atoms with Gasteiger partial charge in [0, 0.05) is 17.1 Å². The van der Waals surface area contributed by atoms with E-state index in [0.717, 1.165) is 17.1 Å². The Morgan fingerprint density at radius 3 is 0.697 bits per heavy atom. The maximum Gasteiger partial charge on any atom is 0.0713 e. The fourth-order valence-corrected chi connectivity index (χ4v) is 14.2. The van der Waals surface area contributed by atoms with Crippen LogP contribution in [-0.2, 0) is 16.2 Å². The first-order valence-corrected chi connectivity index (χ1v) is 26.6. The van der Waals surface area contributed by atoms with Gasteiger partial charge in [0.15, 0.2) is 0 Å². The van der Waals surface area contributed by atoms with Gasteiger partial charge in [-0.25, -0.2) is 0 Å². The van der Waals surface area contributed by atoms with Crippen LogP contribution in [0.2, 0.25) is 0 Å². The smallest absolute Gasteiger partial charge is 0.0713 e. The van der Waals surface area contributed by atoms with Crippen LogP contribution in [0.5, 0.6) is 0 Å². The third kappa shape index (κ3) is 6.09. The minimum absolute atomic E-state index is 0.500. The average molecular weight is 966 g/mol. The Morgan fingerprint density at radius 2 is 0.395 bits per heavy atom. The molecular weight excluding hydrogens is 915 g/mol. The van der Waals surface area contributed by atoms with E-state index in [1.807, 2.05) is 0 Å². The van der Waals surface area contributed by atoms with Crippen LogP contribution in [0.3, 0.4) is 0 Å². The van der Waals surface area contributed by atoms with Crippen molar-refractivity contribution in [2.45, 2.75) is 16.2 Å². The Kier molecular flexibility index (Phi) is 9.99. The number of benzene rings is 12. The third-order valence-electron chi connectivity index (χ3n) is 17.1. The lowest BCUT2D eigenvalue weighted by Crippen LogP contribution is -2.29. The molecule has 0 radical (unpaired) electrons. The summed E-state index contributed by atoms with van der Waals surface area (Å²) in [6.07, 6.45) is 0. The molecule has 0 saturated heterocycles. The van der Waals surface area contributed by atoms with Crippen molar-refractivity contribution in [2.75, 3.05) is 4.90 Å². The van der Waals surface area contributed by atoms with Gasteiger partial charge in [0.2, 0.25) is 0 Å². The summed E-state index contributed by atoms with van der Waals surface area (Å²) in [5.41, 5.74) is 24.7. The summed E-state index contributed by atoms with van der Waals surface area (Å²) in [6, 6.07) is 116. The summed E-state index contributed by atoms with van der Waals surface area (Å²) in [5, 5.41) is 0. The molecule has 0 N–H and O–H groups in total. The van der Waals surface area contributed by atoms with Crippen LogP contribution in [0.15, 0.2) is 309 Å². The molecular formula is C75H51N. The van der Waals surface area contributed by atoms with Crippen molar-refractivity contribution in [3.63, 3.8) is 0 Å². The molecule has 0 saturated carbocycles.